The van der Waals surface area contributed by atoms with Crippen molar-refractivity contribution < 1.29 is 23.9 Å². The van der Waals surface area contributed by atoms with E-state index in [0.717, 1.165) is 33.5 Å². The van der Waals surface area contributed by atoms with Crippen molar-refractivity contribution in [2.45, 2.75) is 33.9 Å². The summed E-state index contributed by atoms with van der Waals surface area (Å²) in [5.41, 5.74) is -1.65. The molecule has 0 aromatic carbocycles. The third-order valence-electron chi connectivity index (χ3n) is 5.80. The molecular formula is C27H25ClN6O6S. The maximum atomic E-state index is 13.3. The highest BCUT2D eigenvalue weighted by Gasteiger charge is 2.29. The van der Waals surface area contributed by atoms with Crippen LogP contribution in [0.2, 0.25) is 4.34 Å². The van der Waals surface area contributed by atoms with Crippen molar-refractivity contribution in [1.29, 1.82) is 0 Å². The minimum Gasteiger partial charge on any atom is -0.463 e. The molecule has 4 rings (SSSR count). The number of anilines is 1. The van der Waals surface area contributed by atoms with Crippen molar-refractivity contribution in [2.24, 2.45) is 5.41 Å². The SMILES string of the molecule is COC(=O)C(=O)c1cn(CC(=O)c2cnccn2)c(=O)cc1-c1cc(NCc2ccc(Cl)s2)n(C(=O)C(C)(C)C)n1. The fraction of sp³-hybridized carbons (Fsp3) is 0.259. The van der Waals surface area contributed by atoms with Crippen LogP contribution in [0.1, 0.15) is 51.3 Å². The van der Waals surface area contributed by atoms with Gasteiger partial charge in [-0.2, -0.15) is 9.78 Å². The first-order valence-electron chi connectivity index (χ1n) is 12.2. The molecule has 0 saturated carbocycles. The molecule has 4 aromatic rings. The summed E-state index contributed by atoms with van der Waals surface area (Å²) in [4.78, 5) is 73.1. The molecule has 4 heterocycles. The minimum atomic E-state index is -1.19. The summed E-state index contributed by atoms with van der Waals surface area (Å²) in [6, 6.07) is 6.16. The lowest BCUT2D eigenvalue weighted by molar-refractivity contribution is -0.135. The van der Waals surface area contributed by atoms with Gasteiger partial charge in [0, 0.05) is 46.6 Å². The normalized spacial score (nSPS) is 11.2. The number of thiophene rings is 1. The van der Waals surface area contributed by atoms with Gasteiger partial charge in [-0.05, 0) is 12.1 Å². The number of methoxy groups -OCH3 is 1. The molecule has 0 aliphatic heterocycles. The first-order chi connectivity index (χ1) is 19.4. The first kappa shape index (κ1) is 29.5. The van der Waals surface area contributed by atoms with E-state index in [4.69, 9.17) is 11.6 Å². The van der Waals surface area contributed by atoms with E-state index >= 15 is 0 Å². The summed E-state index contributed by atoms with van der Waals surface area (Å²) in [7, 11) is 1.04. The molecule has 0 spiro atoms. The number of pyridine rings is 1. The zero-order valence-electron chi connectivity index (χ0n) is 22.5. The Balaban J connectivity index is 1.81. The molecule has 12 nitrogen and oxygen atoms in total. The van der Waals surface area contributed by atoms with Gasteiger partial charge >= 0.3 is 5.97 Å². The highest BCUT2D eigenvalue weighted by Crippen LogP contribution is 2.29. The van der Waals surface area contributed by atoms with E-state index in [1.807, 2.05) is 6.07 Å². The molecule has 0 fully saturated rings. The van der Waals surface area contributed by atoms with Crippen LogP contribution in [-0.4, -0.2) is 54.9 Å². The van der Waals surface area contributed by atoms with Crippen LogP contribution in [0.25, 0.3) is 11.3 Å². The van der Waals surface area contributed by atoms with Gasteiger partial charge < -0.3 is 14.6 Å². The summed E-state index contributed by atoms with van der Waals surface area (Å²) in [5.74, 6) is -2.86. The van der Waals surface area contributed by atoms with Gasteiger partial charge in [0.15, 0.2) is 0 Å². The van der Waals surface area contributed by atoms with Crippen LogP contribution < -0.4 is 10.9 Å². The summed E-state index contributed by atoms with van der Waals surface area (Å²) < 4.78 is 7.35. The van der Waals surface area contributed by atoms with E-state index in [-0.39, 0.29) is 28.4 Å². The standard InChI is InChI=1S/C27H25ClN6O6S/c1-27(2,3)26(39)34-22(31-11-15-5-6-21(28)41-15)10-18(32-34)16-9-23(36)33(13-17(16)24(37)25(38)40-4)14-20(35)19-12-29-7-8-30-19/h5-10,12-13,31H,11,14H2,1-4H3. The Hall–Kier alpha value is -4.49. The Bertz CT molecular complexity index is 1700. The second kappa shape index (κ2) is 11.9. The smallest absolute Gasteiger partial charge is 0.379 e. The molecule has 1 N–H and O–H groups in total. The molecule has 14 heteroatoms. The topological polar surface area (TPSA) is 155 Å². The van der Waals surface area contributed by atoms with Crippen LogP contribution >= 0.6 is 22.9 Å². The fourth-order valence-corrected chi connectivity index (χ4v) is 4.73. The number of carbonyl (C=O) groups excluding carboxylic acids is 4. The van der Waals surface area contributed by atoms with Gasteiger partial charge in [0.05, 0.1) is 42.0 Å². The van der Waals surface area contributed by atoms with Gasteiger partial charge in [0.25, 0.3) is 17.2 Å². The molecule has 0 bridgehead atoms. The van der Waals surface area contributed by atoms with Gasteiger partial charge in [-0.1, -0.05) is 32.4 Å². The van der Waals surface area contributed by atoms with Crippen molar-refractivity contribution in [2.75, 3.05) is 12.4 Å². The van der Waals surface area contributed by atoms with E-state index in [1.54, 1.807) is 26.8 Å². The van der Waals surface area contributed by atoms with Gasteiger partial charge in [-0.15, -0.1) is 11.3 Å². The lowest BCUT2D eigenvalue weighted by Crippen LogP contribution is -2.29. The van der Waals surface area contributed by atoms with E-state index in [2.05, 4.69) is 25.1 Å². The molecule has 212 valence electrons. The van der Waals surface area contributed by atoms with Crippen molar-refractivity contribution >= 4 is 52.2 Å². The zero-order chi connectivity index (χ0) is 29.9. The number of esters is 1. The van der Waals surface area contributed by atoms with E-state index < -0.39 is 35.1 Å². The lowest BCUT2D eigenvalue weighted by Gasteiger charge is -2.18. The average molecular weight is 597 g/mol. The van der Waals surface area contributed by atoms with Crippen LogP contribution in [0.4, 0.5) is 5.82 Å². The largest absolute Gasteiger partial charge is 0.463 e. The monoisotopic (exact) mass is 596 g/mol. The molecule has 4 aromatic heterocycles. The molecule has 0 saturated heterocycles. The number of hydrogen-bond acceptors (Lipinski definition) is 11. The number of carbonyl (C=O) groups is 4. The Morgan fingerprint density at radius 2 is 1.88 bits per heavy atom. The number of ketones is 2. The van der Waals surface area contributed by atoms with Crippen LogP contribution in [-0.2, 0) is 22.6 Å². The van der Waals surface area contributed by atoms with Crippen molar-refractivity contribution in [3.8, 4) is 11.3 Å². The van der Waals surface area contributed by atoms with Gasteiger partial charge in [-0.3, -0.25) is 24.2 Å². The molecular weight excluding hydrogens is 572 g/mol. The van der Waals surface area contributed by atoms with Crippen LogP contribution in [0.5, 0.6) is 0 Å². The highest BCUT2D eigenvalue weighted by molar-refractivity contribution is 7.16. The number of halogens is 1. The second-order valence-electron chi connectivity index (χ2n) is 9.84. The number of nitrogens with one attached hydrogen (secondary N) is 1. The van der Waals surface area contributed by atoms with Crippen molar-refractivity contribution in [3.05, 3.63) is 79.9 Å². The molecule has 41 heavy (non-hydrogen) atoms. The lowest BCUT2D eigenvalue weighted by atomic mass is 9.96. The molecule has 0 amide bonds. The van der Waals surface area contributed by atoms with E-state index in [9.17, 15) is 24.0 Å². The first-order valence-corrected chi connectivity index (χ1v) is 13.4. The Morgan fingerprint density at radius 1 is 1.12 bits per heavy atom. The Kier molecular flexibility index (Phi) is 8.59. The van der Waals surface area contributed by atoms with Gasteiger partial charge in [-0.25, -0.2) is 9.78 Å². The van der Waals surface area contributed by atoms with Gasteiger partial charge in [0.1, 0.15) is 11.5 Å². The van der Waals surface area contributed by atoms with Crippen LogP contribution in [0.15, 0.2) is 53.8 Å². The molecule has 0 radical (unpaired) electrons. The number of hydrogen-bond donors (Lipinski definition) is 1. The average Bonchev–Trinajstić information content (AvgIpc) is 3.57. The molecule has 0 atom stereocenters. The van der Waals surface area contributed by atoms with E-state index in [1.165, 1.54) is 36.0 Å². The third-order valence-corrected chi connectivity index (χ3v) is 7.03. The third kappa shape index (κ3) is 6.64. The Morgan fingerprint density at radius 3 is 2.49 bits per heavy atom. The summed E-state index contributed by atoms with van der Waals surface area (Å²) >= 11 is 7.40. The number of Topliss-reactive ketones (excluding diaryl/α,β-unsaturated/α-hetero) is 2. The van der Waals surface area contributed by atoms with Crippen molar-refractivity contribution in [3.63, 3.8) is 0 Å². The summed E-state index contributed by atoms with van der Waals surface area (Å²) in [6.45, 7) is 5.02. The number of ether oxygens (including phenoxy) is 1. The number of rotatable bonds is 9. The number of nitrogens with zero attached hydrogens (tertiary/aromatic N) is 5. The highest BCUT2D eigenvalue weighted by atomic mass is 35.5. The van der Waals surface area contributed by atoms with E-state index in [0.29, 0.717) is 16.7 Å². The maximum absolute atomic E-state index is 13.3. The summed E-state index contributed by atoms with van der Waals surface area (Å²) in [5, 5.41) is 7.57. The predicted molar refractivity (Wildman–Crippen MR) is 151 cm³/mol. The summed E-state index contributed by atoms with van der Waals surface area (Å²) in [6.07, 6.45) is 5.07. The maximum Gasteiger partial charge on any atom is 0.379 e. The molecule has 0 aliphatic rings. The van der Waals surface area contributed by atoms with Gasteiger partial charge in [0.2, 0.25) is 5.78 Å². The molecule has 0 aliphatic carbocycles. The Labute approximate surface area is 243 Å². The zero-order valence-corrected chi connectivity index (χ0v) is 24.1. The minimum absolute atomic E-state index is 0.0173. The predicted octanol–water partition coefficient (Wildman–Crippen LogP) is 3.75. The number of aromatic nitrogens is 5. The van der Waals surface area contributed by atoms with Crippen LogP contribution in [0.3, 0.4) is 0 Å². The van der Waals surface area contributed by atoms with Crippen molar-refractivity contribution in [1.82, 2.24) is 24.3 Å². The van der Waals surface area contributed by atoms with Crippen LogP contribution in [0, 0.1) is 5.41 Å². The quantitative estimate of drug-likeness (QED) is 0.171. The molecule has 0 unspecified atom stereocenters. The second-order valence-corrected chi connectivity index (χ2v) is 11.6. The fourth-order valence-electron chi connectivity index (χ4n) is 3.71.